The van der Waals surface area contributed by atoms with Gasteiger partial charge in [-0.05, 0) is 36.2 Å². The number of rotatable bonds is 0. The standard InChI is InChI=1S/C8H6ClN2/c1-5-2-3-6-7(4-5)11-8(9)10-6/h2-4H,1H2,(H,10,11). The second-order valence-electron chi connectivity index (χ2n) is 2.38. The average molecular weight is 166 g/mol. The summed E-state index contributed by atoms with van der Waals surface area (Å²) in [6, 6.07) is 5.70. The molecule has 0 aliphatic heterocycles. The molecule has 1 radical (unpaired) electrons. The van der Waals surface area contributed by atoms with Crippen molar-refractivity contribution in [2.75, 3.05) is 0 Å². The maximum Gasteiger partial charge on any atom is 0.201 e. The lowest BCUT2D eigenvalue weighted by molar-refractivity contribution is 1.34. The Kier molecular flexibility index (Phi) is 1.36. The van der Waals surface area contributed by atoms with Crippen molar-refractivity contribution in [1.82, 2.24) is 9.97 Å². The predicted octanol–water partition coefficient (Wildman–Crippen LogP) is 2.40. The third-order valence-electron chi connectivity index (χ3n) is 1.52. The first kappa shape index (κ1) is 6.68. The van der Waals surface area contributed by atoms with E-state index in [1.54, 1.807) is 0 Å². The van der Waals surface area contributed by atoms with Gasteiger partial charge in [-0.3, -0.25) is 0 Å². The van der Waals surface area contributed by atoms with Crippen LogP contribution in [0.3, 0.4) is 0 Å². The Morgan fingerprint density at radius 1 is 1.45 bits per heavy atom. The first-order chi connectivity index (χ1) is 5.25. The van der Waals surface area contributed by atoms with E-state index in [9.17, 15) is 0 Å². The number of hydrogen-bond acceptors (Lipinski definition) is 1. The molecule has 0 fully saturated rings. The number of benzene rings is 1. The third kappa shape index (κ3) is 1.10. The molecule has 1 aromatic carbocycles. The fourth-order valence-corrected chi connectivity index (χ4v) is 1.22. The molecule has 0 bridgehead atoms. The second-order valence-corrected chi connectivity index (χ2v) is 2.74. The van der Waals surface area contributed by atoms with Gasteiger partial charge in [-0.1, -0.05) is 6.07 Å². The van der Waals surface area contributed by atoms with Crippen molar-refractivity contribution in [3.8, 4) is 0 Å². The van der Waals surface area contributed by atoms with Crippen LogP contribution in [-0.2, 0) is 0 Å². The van der Waals surface area contributed by atoms with Crippen LogP contribution in [0.4, 0.5) is 0 Å². The van der Waals surface area contributed by atoms with Crippen LogP contribution < -0.4 is 0 Å². The van der Waals surface area contributed by atoms with Gasteiger partial charge in [-0.15, -0.1) is 0 Å². The number of nitrogens with zero attached hydrogens (tertiary/aromatic N) is 1. The molecule has 2 nitrogen and oxygen atoms in total. The van der Waals surface area contributed by atoms with Gasteiger partial charge in [0.25, 0.3) is 0 Å². The van der Waals surface area contributed by atoms with Crippen LogP contribution >= 0.6 is 11.6 Å². The van der Waals surface area contributed by atoms with Gasteiger partial charge in [0, 0.05) is 0 Å². The summed E-state index contributed by atoms with van der Waals surface area (Å²) < 4.78 is 0. The summed E-state index contributed by atoms with van der Waals surface area (Å²) >= 11 is 5.65. The molecular weight excluding hydrogens is 160 g/mol. The van der Waals surface area contributed by atoms with E-state index in [0.29, 0.717) is 5.28 Å². The van der Waals surface area contributed by atoms with Crippen LogP contribution in [0.5, 0.6) is 0 Å². The molecule has 1 N–H and O–H groups in total. The molecule has 0 amide bonds. The topological polar surface area (TPSA) is 28.7 Å². The van der Waals surface area contributed by atoms with E-state index < -0.39 is 0 Å². The molecule has 3 heteroatoms. The zero-order valence-corrected chi connectivity index (χ0v) is 6.52. The normalized spacial score (nSPS) is 10.7. The van der Waals surface area contributed by atoms with Gasteiger partial charge in [0.1, 0.15) is 0 Å². The van der Waals surface area contributed by atoms with E-state index in [-0.39, 0.29) is 0 Å². The van der Waals surface area contributed by atoms with Crippen molar-refractivity contribution in [2.24, 2.45) is 0 Å². The van der Waals surface area contributed by atoms with E-state index in [1.807, 2.05) is 18.2 Å². The second kappa shape index (κ2) is 2.24. The maximum atomic E-state index is 5.65. The Bertz CT molecular complexity index is 392. The number of aromatic nitrogens is 2. The Hall–Kier alpha value is -1.02. The predicted molar refractivity (Wildman–Crippen MR) is 45.6 cm³/mol. The molecule has 2 aromatic rings. The number of imidazole rings is 1. The molecule has 2 rings (SSSR count). The first-order valence-electron chi connectivity index (χ1n) is 3.23. The molecule has 0 saturated carbocycles. The number of H-pyrrole nitrogens is 1. The number of fused-ring (bicyclic) bond motifs is 1. The first-order valence-corrected chi connectivity index (χ1v) is 3.61. The molecule has 11 heavy (non-hydrogen) atoms. The summed E-state index contributed by atoms with van der Waals surface area (Å²) in [6.45, 7) is 3.79. The molecule has 0 atom stereocenters. The van der Waals surface area contributed by atoms with Gasteiger partial charge >= 0.3 is 0 Å². The highest BCUT2D eigenvalue weighted by Crippen LogP contribution is 2.15. The molecule has 55 valence electrons. The minimum absolute atomic E-state index is 0.422. The fourth-order valence-electron chi connectivity index (χ4n) is 1.03. The van der Waals surface area contributed by atoms with Crippen molar-refractivity contribution < 1.29 is 0 Å². The van der Waals surface area contributed by atoms with Crippen LogP contribution in [0.15, 0.2) is 18.2 Å². The molecule has 0 aliphatic carbocycles. The summed E-state index contributed by atoms with van der Waals surface area (Å²) in [5, 5.41) is 0.422. The summed E-state index contributed by atoms with van der Waals surface area (Å²) in [5.74, 6) is 0. The van der Waals surface area contributed by atoms with Crippen LogP contribution in [0.2, 0.25) is 5.28 Å². The fraction of sp³-hybridized carbons (Fsp3) is 0. The molecule has 0 spiro atoms. The Morgan fingerprint density at radius 3 is 3.09 bits per heavy atom. The lowest BCUT2D eigenvalue weighted by atomic mass is 10.2. The quantitative estimate of drug-likeness (QED) is 0.638. The number of aromatic amines is 1. The lowest BCUT2D eigenvalue weighted by Crippen LogP contribution is -1.71. The number of nitrogens with one attached hydrogen (secondary N) is 1. The van der Waals surface area contributed by atoms with Crippen molar-refractivity contribution in [3.05, 3.63) is 36.0 Å². The zero-order valence-electron chi connectivity index (χ0n) is 5.76. The van der Waals surface area contributed by atoms with E-state index in [2.05, 4.69) is 16.9 Å². The summed E-state index contributed by atoms with van der Waals surface area (Å²) in [6.07, 6.45) is 0. The highest BCUT2D eigenvalue weighted by atomic mass is 35.5. The number of hydrogen-bond donors (Lipinski definition) is 1. The zero-order chi connectivity index (χ0) is 7.84. The minimum atomic E-state index is 0.422. The number of halogens is 1. The average Bonchev–Trinajstić information content (AvgIpc) is 2.27. The molecule has 1 heterocycles. The minimum Gasteiger partial charge on any atom is -0.329 e. The van der Waals surface area contributed by atoms with Crippen molar-refractivity contribution in [3.63, 3.8) is 0 Å². The highest BCUT2D eigenvalue weighted by molar-refractivity contribution is 6.29. The van der Waals surface area contributed by atoms with Crippen molar-refractivity contribution in [1.29, 1.82) is 0 Å². The molecular formula is C8H6ClN2. The monoisotopic (exact) mass is 165 g/mol. The third-order valence-corrected chi connectivity index (χ3v) is 1.70. The van der Waals surface area contributed by atoms with E-state index in [1.165, 1.54) is 0 Å². The van der Waals surface area contributed by atoms with Gasteiger partial charge in [-0.25, -0.2) is 4.98 Å². The maximum absolute atomic E-state index is 5.65. The van der Waals surface area contributed by atoms with Crippen molar-refractivity contribution >= 4 is 22.6 Å². The Morgan fingerprint density at radius 2 is 2.27 bits per heavy atom. The largest absolute Gasteiger partial charge is 0.329 e. The van der Waals surface area contributed by atoms with E-state index >= 15 is 0 Å². The summed E-state index contributed by atoms with van der Waals surface area (Å²) in [7, 11) is 0. The van der Waals surface area contributed by atoms with Gasteiger partial charge in [0.15, 0.2) is 0 Å². The van der Waals surface area contributed by atoms with Crippen molar-refractivity contribution in [2.45, 2.75) is 0 Å². The SMILES string of the molecule is [CH2]c1ccc2nc(Cl)[nH]c2c1. The summed E-state index contributed by atoms with van der Waals surface area (Å²) in [4.78, 5) is 6.95. The van der Waals surface area contributed by atoms with Gasteiger partial charge in [0.2, 0.25) is 5.28 Å². The molecule has 0 unspecified atom stereocenters. The summed E-state index contributed by atoms with van der Waals surface area (Å²) in [5.41, 5.74) is 2.77. The van der Waals surface area contributed by atoms with Gasteiger partial charge < -0.3 is 4.98 Å². The molecule has 0 saturated heterocycles. The highest BCUT2D eigenvalue weighted by Gasteiger charge is 1.98. The lowest BCUT2D eigenvalue weighted by Gasteiger charge is -1.88. The van der Waals surface area contributed by atoms with Gasteiger partial charge in [-0.2, -0.15) is 0 Å². The van der Waals surface area contributed by atoms with E-state index in [0.717, 1.165) is 16.6 Å². The van der Waals surface area contributed by atoms with E-state index in [4.69, 9.17) is 11.6 Å². The molecule has 0 aliphatic rings. The van der Waals surface area contributed by atoms with Crippen LogP contribution in [0.25, 0.3) is 11.0 Å². The van der Waals surface area contributed by atoms with Gasteiger partial charge in [0.05, 0.1) is 11.0 Å². The molecule has 1 aromatic heterocycles. The Labute approximate surface area is 69.2 Å². The van der Waals surface area contributed by atoms with Crippen LogP contribution in [-0.4, -0.2) is 9.97 Å². The smallest absolute Gasteiger partial charge is 0.201 e. The van der Waals surface area contributed by atoms with Crippen LogP contribution in [0.1, 0.15) is 5.56 Å². The van der Waals surface area contributed by atoms with Crippen LogP contribution in [0, 0.1) is 6.92 Å². The Balaban J connectivity index is 2.82.